The second kappa shape index (κ2) is 5.57. The molecule has 1 atom stereocenters. The number of rotatable bonds is 4. The number of benzene rings is 1. The van der Waals surface area contributed by atoms with Crippen molar-refractivity contribution in [2.45, 2.75) is 31.7 Å². The van der Waals surface area contributed by atoms with E-state index in [2.05, 4.69) is 4.98 Å². The minimum absolute atomic E-state index is 0.148. The van der Waals surface area contributed by atoms with E-state index in [-0.39, 0.29) is 6.04 Å². The van der Waals surface area contributed by atoms with Crippen LogP contribution >= 0.6 is 0 Å². The number of hydrogen-bond acceptors (Lipinski definition) is 3. The fourth-order valence-electron chi connectivity index (χ4n) is 2.91. The third-order valence-corrected chi connectivity index (χ3v) is 4.04. The quantitative estimate of drug-likeness (QED) is 0.914. The van der Waals surface area contributed by atoms with Crippen LogP contribution in [0.5, 0.6) is 5.75 Å². The van der Waals surface area contributed by atoms with Gasteiger partial charge in [0.2, 0.25) is 0 Å². The van der Waals surface area contributed by atoms with Gasteiger partial charge in [0.25, 0.3) is 0 Å². The highest BCUT2D eigenvalue weighted by atomic mass is 16.5. The lowest BCUT2D eigenvalue weighted by Crippen LogP contribution is -2.34. The lowest BCUT2D eigenvalue weighted by molar-refractivity contribution is 0.249. The van der Waals surface area contributed by atoms with E-state index in [0.717, 1.165) is 16.7 Å². The van der Waals surface area contributed by atoms with Gasteiger partial charge in [0.1, 0.15) is 12.4 Å². The molecule has 1 aliphatic rings. The zero-order valence-corrected chi connectivity index (χ0v) is 11.1. The Morgan fingerprint density at radius 1 is 1.21 bits per heavy atom. The first kappa shape index (κ1) is 12.4. The predicted molar refractivity (Wildman–Crippen MR) is 77.2 cm³/mol. The second-order valence-corrected chi connectivity index (χ2v) is 5.35. The van der Waals surface area contributed by atoms with Crippen LogP contribution in [0, 0.1) is 5.92 Å². The average Bonchev–Trinajstić information content (AvgIpc) is 2.99. The summed E-state index contributed by atoms with van der Waals surface area (Å²) in [6.45, 7) is 0.596. The Bertz CT molecular complexity index is 544. The molecule has 0 bridgehead atoms. The number of hydrogen-bond donors (Lipinski definition) is 1. The van der Waals surface area contributed by atoms with Crippen molar-refractivity contribution in [1.29, 1.82) is 0 Å². The van der Waals surface area contributed by atoms with Crippen LogP contribution in [0.15, 0.2) is 36.5 Å². The van der Waals surface area contributed by atoms with Gasteiger partial charge in [0.15, 0.2) is 0 Å². The van der Waals surface area contributed by atoms with E-state index < -0.39 is 0 Å². The summed E-state index contributed by atoms with van der Waals surface area (Å²) >= 11 is 0. The molecule has 0 amide bonds. The van der Waals surface area contributed by atoms with E-state index in [4.69, 9.17) is 10.5 Å². The summed E-state index contributed by atoms with van der Waals surface area (Å²) in [7, 11) is 0. The van der Waals surface area contributed by atoms with Gasteiger partial charge < -0.3 is 10.5 Å². The number of nitrogens with zero attached hydrogens (tertiary/aromatic N) is 1. The van der Waals surface area contributed by atoms with Crippen molar-refractivity contribution in [2.75, 3.05) is 6.61 Å². The maximum atomic E-state index is 6.23. The van der Waals surface area contributed by atoms with Crippen molar-refractivity contribution in [2.24, 2.45) is 11.7 Å². The summed E-state index contributed by atoms with van der Waals surface area (Å²) in [6, 6.07) is 10.1. The fraction of sp³-hybridized carbons (Fsp3) is 0.438. The van der Waals surface area contributed by atoms with Crippen molar-refractivity contribution in [3.05, 3.63) is 36.5 Å². The van der Waals surface area contributed by atoms with Crippen LogP contribution in [-0.4, -0.2) is 17.6 Å². The summed E-state index contributed by atoms with van der Waals surface area (Å²) in [4.78, 5) is 4.34. The topological polar surface area (TPSA) is 48.1 Å². The van der Waals surface area contributed by atoms with Gasteiger partial charge in [-0.2, -0.15) is 0 Å². The van der Waals surface area contributed by atoms with Crippen LogP contribution < -0.4 is 10.5 Å². The molecule has 3 nitrogen and oxygen atoms in total. The molecule has 2 aromatic rings. The Labute approximate surface area is 113 Å². The van der Waals surface area contributed by atoms with E-state index in [1.54, 1.807) is 6.20 Å². The zero-order valence-electron chi connectivity index (χ0n) is 11.1. The molecule has 3 rings (SSSR count). The highest BCUT2D eigenvalue weighted by Gasteiger charge is 2.22. The third kappa shape index (κ3) is 2.71. The van der Waals surface area contributed by atoms with Crippen molar-refractivity contribution in [1.82, 2.24) is 4.98 Å². The van der Waals surface area contributed by atoms with E-state index >= 15 is 0 Å². The van der Waals surface area contributed by atoms with E-state index in [9.17, 15) is 0 Å². The van der Waals surface area contributed by atoms with Crippen LogP contribution in [0.1, 0.15) is 25.7 Å². The largest absolute Gasteiger partial charge is 0.491 e. The Hall–Kier alpha value is -1.61. The minimum atomic E-state index is 0.148. The van der Waals surface area contributed by atoms with Gasteiger partial charge >= 0.3 is 0 Å². The molecule has 3 heteroatoms. The van der Waals surface area contributed by atoms with Crippen molar-refractivity contribution in [3.63, 3.8) is 0 Å². The molecule has 2 N–H and O–H groups in total. The molecule has 1 unspecified atom stereocenters. The number of aromatic nitrogens is 1. The molecular formula is C16H20N2O. The van der Waals surface area contributed by atoms with Gasteiger partial charge in [-0.05, 0) is 43.0 Å². The van der Waals surface area contributed by atoms with E-state index in [0.29, 0.717) is 12.5 Å². The summed E-state index contributed by atoms with van der Waals surface area (Å²) in [5.74, 6) is 1.52. The Morgan fingerprint density at radius 2 is 2.05 bits per heavy atom. The maximum Gasteiger partial charge on any atom is 0.128 e. The molecule has 19 heavy (non-hydrogen) atoms. The number of pyridine rings is 1. The monoisotopic (exact) mass is 256 g/mol. The highest BCUT2D eigenvalue weighted by molar-refractivity contribution is 5.84. The molecule has 1 heterocycles. The molecule has 1 aromatic carbocycles. The molecule has 100 valence electrons. The predicted octanol–water partition coefficient (Wildman–Crippen LogP) is 3.13. The summed E-state index contributed by atoms with van der Waals surface area (Å²) in [5, 5.41) is 1.06. The van der Waals surface area contributed by atoms with Gasteiger partial charge in [-0.1, -0.05) is 18.9 Å². The third-order valence-electron chi connectivity index (χ3n) is 4.04. The maximum absolute atomic E-state index is 6.23. The van der Waals surface area contributed by atoms with Crippen LogP contribution in [0.25, 0.3) is 10.9 Å². The first-order chi connectivity index (χ1) is 9.34. The Kier molecular flexibility index (Phi) is 3.65. The summed E-state index contributed by atoms with van der Waals surface area (Å²) in [6.07, 6.45) is 6.94. The minimum Gasteiger partial charge on any atom is -0.491 e. The molecule has 1 fully saturated rings. The Balaban J connectivity index is 1.71. The Morgan fingerprint density at radius 3 is 2.89 bits per heavy atom. The van der Waals surface area contributed by atoms with Crippen molar-refractivity contribution < 1.29 is 4.74 Å². The molecule has 1 aromatic heterocycles. The fourth-order valence-corrected chi connectivity index (χ4v) is 2.91. The second-order valence-electron chi connectivity index (χ2n) is 5.35. The molecule has 0 spiro atoms. The van der Waals surface area contributed by atoms with Gasteiger partial charge in [0, 0.05) is 17.6 Å². The van der Waals surface area contributed by atoms with Gasteiger partial charge in [-0.15, -0.1) is 0 Å². The summed E-state index contributed by atoms with van der Waals surface area (Å²) < 4.78 is 5.93. The smallest absolute Gasteiger partial charge is 0.128 e. The van der Waals surface area contributed by atoms with Gasteiger partial charge in [-0.3, -0.25) is 4.98 Å². The van der Waals surface area contributed by atoms with E-state index in [1.807, 2.05) is 30.3 Å². The number of ether oxygens (including phenoxy) is 1. The van der Waals surface area contributed by atoms with E-state index in [1.165, 1.54) is 25.7 Å². The molecule has 0 radical (unpaired) electrons. The van der Waals surface area contributed by atoms with Crippen LogP contribution in [0.2, 0.25) is 0 Å². The zero-order chi connectivity index (χ0) is 13.1. The SMILES string of the molecule is NC(COc1cccc2ncccc12)C1CCCC1. The number of fused-ring (bicyclic) bond motifs is 1. The molecule has 0 aliphatic heterocycles. The number of nitrogens with two attached hydrogens (primary N) is 1. The molecule has 1 saturated carbocycles. The normalized spacial score (nSPS) is 17.7. The first-order valence-electron chi connectivity index (χ1n) is 7.07. The molecule has 0 saturated heterocycles. The van der Waals surface area contributed by atoms with Crippen LogP contribution in [0.4, 0.5) is 0 Å². The summed E-state index contributed by atoms with van der Waals surface area (Å²) in [5.41, 5.74) is 7.20. The molecular weight excluding hydrogens is 236 g/mol. The lowest BCUT2D eigenvalue weighted by Gasteiger charge is -2.19. The molecule has 1 aliphatic carbocycles. The highest BCUT2D eigenvalue weighted by Crippen LogP contribution is 2.28. The lowest BCUT2D eigenvalue weighted by atomic mass is 10.00. The standard InChI is InChI=1S/C16H20N2O/c17-14(12-5-1-2-6-12)11-19-16-9-3-8-15-13(16)7-4-10-18-15/h3-4,7-10,12,14H,1-2,5-6,11,17H2. The first-order valence-corrected chi connectivity index (χ1v) is 7.07. The van der Waals surface area contributed by atoms with Crippen LogP contribution in [-0.2, 0) is 0 Å². The van der Waals surface area contributed by atoms with Crippen LogP contribution in [0.3, 0.4) is 0 Å². The van der Waals surface area contributed by atoms with Gasteiger partial charge in [-0.25, -0.2) is 0 Å². The van der Waals surface area contributed by atoms with Gasteiger partial charge in [0.05, 0.1) is 5.52 Å². The van der Waals surface area contributed by atoms with Crippen molar-refractivity contribution >= 4 is 10.9 Å². The van der Waals surface area contributed by atoms with Crippen molar-refractivity contribution in [3.8, 4) is 5.75 Å². The average molecular weight is 256 g/mol.